The fourth-order valence-electron chi connectivity index (χ4n) is 0.431. The first-order chi connectivity index (χ1) is 3.81. The summed E-state index contributed by atoms with van der Waals surface area (Å²) < 4.78 is 0. The quantitative estimate of drug-likeness (QED) is 0.459. The highest BCUT2D eigenvalue weighted by Gasteiger charge is 1.92. The van der Waals surface area contributed by atoms with Crippen molar-refractivity contribution in [1.82, 2.24) is 0 Å². The lowest BCUT2D eigenvalue weighted by Crippen LogP contribution is -1.91. The van der Waals surface area contributed by atoms with Gasteiger partial charge in [0, 0.05) is 5.33 Å². The van der Waals surface area contributed by atoms with Crippen molar-refractivity contribution in [3.05, 3.63) is 12.2 Å². The zero-order chi connectivity index (χ0) is 6.41. The number of halogens is 1. The molecule has 0 aromatic carbocycles. The second-order valence-electron chi connectivity index (χ2n) is 2.06. The number of allylic oxidation sites excluding steroid dienone is 2. The van der Waals surface area contributed by atoms with Crippen LogP contribution in [0.5, 0.6) is 0 Å². The molecule has 0 fully saturated rings. The Balaban J connectivity index is 3.10. The molecule has 0 rings (SSSR count). The predicted molar refractivity (Wildman–Crippen MR) is 42.4 cm³/mol. The van der Waals surface area contributed by atoms with Gasteiger partial charge in [-0.1, -0.05) is 35.0 Å². The first-order valence-electron chi connectivity index (χ1n) is 2.98. The molecule has 0 saturated carbocycles. The van der Waals surface area contributed by atoms with Gasteiger partial charge in [-0.2, -0.15) is 0 Å². The summed E-state index contributed by atoms with van der Waals surface area (Å²) in [7, 11) is 0. The monoisotopic (exact) mass is 176 g/mol. The van der Waals surface area contributed by atoms with E-state index in [2.05, 4.69) is 41.9 Å². The molecule has 48 valence electrons. The molecule has 0 aliphatic carbocycles. The number of hydrogen-bond donors (Lipinski definition) is 0. The van der Waals surface area contributed by atoms with Gasteiger partial charge in [0.05, 0.1) is 0 Å². The standard InChI is InChI=1S/C7H13Br/c1-3-4-5-7(2)6-8/h3-4,7H,5-6H2,1-2H3. The Morgan fingerprint density at radius 3 is 2.62 bits per heavy atom. The summed E-state index contributed by atoms with van der Waals surface area (Å²) in [5.41, 5.74) is 0. The van der Waals surface area contributed by atoms with Crippen LogP contribution in [0.4, 0.5) is 0 Å². The summed E-state index contributed by atoms with van der Waals surface area (Å²) in [6.07, 6.45) is 5.49. The fraction of sp³-hybridized carbons (Fsp3) is 0.714. The van der Waals surface area contributed by atoms with Crippen LogP contribution in [-0.2, 0) is 0 Å². The Bertz CT molecular complexity index is 66.8. The lowest BCUT2D eigenvalue weighted by molar-refractivity contribution is 0.680. The van der Waals surface area contributed by atoms with E-state index in [-0.39, 0.29) is 0 Å². The van der Waals surface area contributed by atoms with Gasteiger partial charge in [-0.05, 0) is 19.3 Å². The Kier molecular flexibility index (Phi) is 5.51. The SMILES string of the molecule is CC=CCC(C)CBr. The molecule has 0 bridgehead atoms. The molecule has 0 aliphatic heterocycles. The topological polar surface area (TPSA) is 0 Å². The highest BCUT2D eigenvalue weighted by Crippen LogP contribution is 2.05. The Labute approximate surface area is 60.1 Å². The molecule has 0 saturated heterocycles. The Hall–Kier alpha value is 0.220. The van der Waals surface area contributed by atoms with Gasteiger partial charge in [0.2, 0.25) is 0 Å². The van der Waals surface area contributed by atoms with Gasteiger partial charge in [-0.15, -0.1) is 0 Å². The van der Waals surface area contributed by atoms with Crippen molar-refractivity contribution in [2.75, 3.05) is 5.33 Å². The van der Waals surface area contributed by atoms with Gasteiger partial charge in [-0.3, -0.25) is 0 Å². The molecule has 1 heteroatoms. The normalized spacial score (nSPS) is 14.9. The first-order valence-corrected chi connectivity index (χ1v) is 4.10. The average molecular weight is 177 g/mol. The molecule has 0 aliphatic rings. The minimum atomic E-state index is 0.784. The van der Waals surface area contributed by atoms with E-state index in [0.29, 0.717) is 0 Å². The van der Waals surface area contributed by atoms with Gasteiger partial charge in [0.25, 0.3) is 0 Å². The molecule has 0 radical (unpaired) electrons. The molecule has 0 spiro atoms. The first kappa shape index (κ1) is 8.22. The van der Waals surface area contributed by atoms with Crippen LogP contribution in [0, 0.1) is 5.92 Å². The van der Waals surface area contributed by atoms with E-state index in [1.807, 2.05) is 0 Å². The van der Waals surface area contributed by atoms with Gasteiger partial charge >= 0.3 is 0 Å². The zero-order valence-electron chi connectivity index (χ0n) is 5.52. The van der Waals surface area contributed by atoms with Crippen molar-refractivity contribution < 1.29 is 0 Å². The van der Waals surface area contributed by atoms with Crippen LogP contribution >= 0.6 is 15.9 Å². The van der Waals surface area contributed by atoms with E-state index >= 15 is 0 Å². The van der Waals surface area contributed by atoms with Crippen molar-refractivity contribution in [3.63, 3.8) is 0 Å². The molecule has 0 heterocycles. The van der Waals surface area contributed by atoms with Crippen LogP contribution in [0.25, 0.3) is 0 Å². The molecule has 8 heavy (non-hydrogen) atoms. The van der Waals surface area contributed by atoms with E-state index in [0.717, 1.165) is 11.2 Å². The van der Waals surface area contributed by atoms with Gasteiger partial charge < -0.3 is 0 Å². The van der Waals surface area contributed by atoms with E-state index in [4.69, 9.17) is 0 Å². The molecular weight excluding hydrogens is 164 g/mol. The van der Waals surface area contributed by atoms with Crippen LogP contribution < -0.4 is 0 Å². The summed E-state index contributed by atoms with van der Waals surface area (Å²) >= 11 is 3.41. The maximum absolute atomic E-state index is 3.41. The maximum Gasteiger partial charge on any atom is 0.00599 e. The van der Waals surface area contributed by atoms with Crippen molar-refractivity contribution >= 4 is 15.9 Å². The van der Waals surface area contributed by atoms with E-state index in [1.165, 1.54) is 6.42 Å². The smallest absolute Gasteiger partial charge is 0.00599 e. The van der Waals surface area contributed by atoms with Crippen LogP contribution in [0.2, 0.25) is 0 Å². The molecule has 0 aromatic rings. The van der Waals surface area contributed by atoms with Crippen LogP contribution in [0.1, 0.15) is 20.3 Å². The van der Waals surface area contributed by atoms with Gasteiger partial charge in [0.1, 0.15) is 0 Å². The predicted octanol–water partition coefficient (Wildman–Crippen LogP) is 2.98. The number of alkyl halides is 1. The second-order valence-corrected chi connectivity index (χ2v) is 2.71. The van der Waals surface area contributed by atoms with Crippen molar-refractivity contribution in [2.24, 2.45) is 5.92 Å². The Morgan fingerprint density at radius 2 is 2.25 bits per heavy atom. The highest BCUT2D eigenvalue weighted by molar-refractivity contribution is 9.09. The zero-order valence-corrected chi connectivity index (χ0v) is 7.11. The second kappa shape index (κ2) is 5.36. The summed E-state index contributed by atoms with van der Waals surface area (Å²) in [6.45, 7) is 4.29. The van der Waals surface area contributed by atoms with Crippen molar-refractivity contribution in [3.8, 4) is 0 Å². The number of rotatable bonds is 3. The van der Waals surface area contributed by atoms with Crippen molar-refractivity contribution in [2.45, 2.75) is 20.3 Å². The average Bonchev–Trinajstić information content (AvgIpc) is 1.83. The van der Waals surface area contributed by atoms with Gasteiger partial charge in [0.15, 0.2) is 0 Å². The van der Waals surface area contributed by atoms with Crippen LogP contribution in [-0.4, -0.2) is 5.33 Å². The third kappa shape index (κ3) is 4.38. The van der Waals surface area contributed by atoms with Crippen LogP contribution in [0.3, 0.4) is 0 Å². The highest BCUT2D eigenvalue weighted by atomic mass is 79.9. The van der Waals surface area contributed by atoms with E-state index in [1.54, 1.807) is 0 Å². The van der Waals surface area contributed by atoms with E-state index in [9.17, 15) is 0 Å². The summed E-state index contributed by atoms with van der Waals surface area (Å²) in [6, 6.07) is 0. The van der Waals surface area contributed by atoms with Crippen LogP contribution in [0.15, 0.2) is 12.2 Å². The Morgan fingerprint density at radius 1 is 1.62 bits per heavy atom. The minimum Gasteiger partial charge on any atom is -0.0925 e. The van der Waals surface area contributed by atoms with E-state index < -0.39 is 0 Å². The third-order valence-corrected chi connectivity index (χ3v) is 2.14. The van der Waals surface area contributed by atoms with Gasteiger partial charge in [-0.25, -0.2) is 0 Å². The minimum absolute atomic E-state index is 0.784. The summed E-state index contributed by atoms with van der Waals surface area (Å²) in [4.78, 5) is 0. The molecule has 0 amide bonds. The molecule has 0 N–H and O–H groups in total. The third-order valence-electron chi connectivity index (χ3n) is 1.04. The largest absolute Gasteiger partial charge is 0.0925 e. The molecule has 0 aromatic heterocycles. The molecule has 1 unspecified atom stereocenters. The van der Waals surface area contributed by atoms with Crippen molar-refractivity contribution in [1.29, 1.82) is 0 Å². The molecule has 0 nitrogen and oxygen atoms in total. The lowest BCUT2D eigenvalue weighted by atomic mass is 10.1. The summed E-state index contributed by atoms with van der Waals surface area (Å²) in [5.74, 6) is 0.784. The lowest BCUT2D eigenvalue weighted by Gasteiger charge is -1.99. The maximum atomic E-state index is 3.41. The molecule has 1 atom stereocenters. The fourth-order valence-corrected chi connectivity index (χ4v) is 0.696. The molecular formula is C7H13Br. The summed E-state index contributed by atoms with van der Waals surface area (Å²) in [5, 5.41) is 1.11. The number of hydrogen-bond acceptors (Lipinski definition) is 0.